The lowest BCUT2D eigenvalue weighted by atomic mass is 10.1. The average molecular weight is 575 g/mol. The molecule has 0 aliphatic carbocycles. The molecule has 6 rings (SSSR count). The lowest BCUT2D eigenvalue weighted by Gasteiger charge is -2.30. The molecule has 5 aromatic rings. The van der Waals surface area contributed by atoms with Crippen LogP contribution in [0.1, 0.15) is 25.0 Å². The van der Waals surface area contributed by atoms with Crippen LogP contribution in [0.4, 0.5) is 11.8 Å². The Morgan fingerprint density at radius 1 is 0.925 bits per heavy atom. The van der Waals surface area contributed by atoms with Gasteiger partial charge in [0.05, 0.1) is 27.5 Å². The molecule has 1 fully saturated rings. The summed E-state index contributed by atoms with van der Waals surface area (Å²) in [7, 11) is -4.01. The molecule has 0 bridgehead atoms. The monoisotopic (exact) mass is 574 g/mol. The van der Waals surface area contributed by atoms with Gasteiger partial charge < -0.3 is 9.88 Å². The second-order valence-corrected chi connectivity index (χ2v) is 11.6. The van der Waals surface area contributed by atoms with Crippen LogP contribution in [0, 0.1) is 11.7 Å². The maximum atomic E-state index is 13.3. The lowest BCUT2D eigenvalue weighted by Crippen LogP contribution is -2.31. The summed E-state index contributed by atoms with van der Waals surface area (Å²) in [6.07, 6.45) is 3.15. The Labute approximate surface area is 235 Å². The Kier molecular flexibility index (Phi) is 6.68. The molecule has 204 valence electrons. The summed E-state index contributed by atoms with van der Waals surface area (Å²) >= 11 is 5.20. The molecule has 0 radical (unpaired) electrons. The number of benzene rings is 2. The van der Waals surface area contributed by atoms with Gasteiger partial charge in [0.15, 0.2) is 10.4 Å². The maximum Gasteiger partial charge on any atom is 0.264 e. The lowest BCUT2D eigenvalue weighted by molar-refractivity contribution is 0.568. The van der Waals surface area contributed by atoms with Crippen molar-refractivity contribution in [1.82, 2.24) is 29.7 Å². The third kappa shape index (κ3) is 4.77. The number of nitrogens with zero attached hydrogens (tertiary/aromatic N) is 5. The number of aromatic nitrogens is 6. The van der Waals surface area contributed by atoms with Crippen LogP contribution in [0.15, 0.2) is 70.4 Å². The van der Waals surface area contributed by atoms with E-state index in [2.05, 4.69) is 29.6 Å². The van der Waals surface area contributed by atoms with Crippen molar-refractivity contribution in [2.24, 2.45) is 0 Å². The molecule has 3 aromatic heterocycles. The second-order valence-electron chi connectivity index (χ2n) is 9.53. The molecule has 0 amide bonds. The molecule has 1 aliphatic heterocycles. The number of hydrogen-bond acceptors (Lipinski definition) is 8. The van der Waals surface area contributed by atoms with Crippen LogP contribution in [0.2, 0.25) is 0 Å². The maximum absolute atomic E-state index is 13.3. The molecule has 4 heterocycles. The number of hydrogen-bond donors (Lipinski definition) is 3. The summed E-state index contributed by atoms with van der Waals surface area (Å²) in [6, 6.07) is 17.7. The minimum atomic E-state index is -4.01. The van der Waals surface area contributed by atoms with E-state index < -0.39 is 15.6 Å². The van der Waals surface area contributed by atoms with Crippen molar-refractivity contribution in [1.29, 1.82) is 0 Å². The third-order valence-corrected chi connectivity index (χ3v) is 8.35. The van der Waals surface area contributed by atoms with Gasteiger partial charge in [-0.1, -0.05) is 36.4 Å². The number of aromatic amines is 2. The van der Waals surface area contributed by atoms with E-state index in [4.69, 9.17) is 17.3 Å². The molecule has 2 aromatic carbocycles. The Bertz CT molecular complexity index is 1930. The Morgan fingerprint density at radius 2 is 1.60 bits per heavy atom. The van der Waals surface area contributed by atoms with Crippen molar-refractivity contribution in [2.75, 3.05) is 22.7 Å². The minimum Gasteiger partial charge on any atom is -0.356 e. The van der Waals surface area contributed by atoms with Gasteiger partial charge in [0.1, 0.15) is 11.2 Å². The van der Waals surface area contributed by atoms with Crippen LogP contribution in [0.5, 0.6) is 0 Å². The minimum absolute atomic E-state index is 0.0566. The molecule has 0 unspecified atom stereocenters. The fraction of sp³-hybridized carbons (Fsp3) is 0.222. The van der Waals surface area contributed by atoms with Gasteiger partial charge in [-0.2, -0.15) is 10.1 Å². The Hall–Kier alpha value is -4.36. The van der Waals surface area contributed by atoms with Gasteiger partial charge in [0.2, 0.25) is 5.95 Å². The molecule has 1 aliphatic rings. The highest BCUT2D eigenvalue weighted by atomic mass is 32.2. The van der Waals surface area contributed by atoms with E-state index in [1.807, 2.05) is 41.9 Å². The number of nitrogens with one attached hydrogen (secondary N) is 3. The topological polar surface area (TPSA) is 142 Å². The van der Waals surface area contributed by atoms with E-state index in [1.54, 1.807) is 18.2 Å². The van der Waals surface area contributed by atoms with Gasteiger partial charge in [-0.3, -0.25) is 9.78 Å². The first-order valence-corrected chi connectivity index (χ1v) is 14.7. The summed E-state index contributed by atoms with van der Waals surface area (Å²) in [5.74, 6) is 0.584. The fourth-order valence-corrected chi connectivity index (χ4v) is 6.17. The van der Waals surface area contributed by atoms with Crippen LogP contribution in [-0.2, 0) is 10.0 Å². The molecule has 0 saturated carbocycles. The van der Waals surface area contributed by atoms with Crippen LogP contribution in [0.3, 0.4) is 0 Å². The van der Waals surface area contributed by atoms with Crippen molar-refractivity contribution in [3.05, 3.63) is 81.5 Å². The smallest absolute Gasteiger partial charge is 0.264 e. The van der Waals surface area contributed by atoms with Gasteiger partial charge in [-0.05, 0) is 62.7 Å². The Morgan fingerprint density at radius 3 is 2.30 bits per heavy atom. The number of H-pyrrole nitrogens is 2. The molecule has 0 spiro atoms. The predicted molar refractivity (Wildman–Crippen MR) is 156 cm³/mol. The molecule has 1 saturated heterocycles. The van der Waals surface area contributed by atoms with E-state index >= 15 is 0 Å². The van der Waals surface area contributed by atoms with Crippen LogP contribution < -0.4 is 15.2 Å². The summed E-state index contributed by atoms with van der Waals surface area (Å²) in [5.41, 5.74) is 1.98. The average Bonchev–Trinajstić information content (AvgIpc) is 3.30. The zero-order valence-electron chi connectivity index (χ0n) is 21.6. The van der Waals surface area contributed by atoms with E-state index in [0.29, 0.717) is 11.3 Å². The normalized spacial score (nSPS) is 14.0. The molecule has 3 N–H and O–H groups in total. The number of aryl methyl sites for hydroxylation is 1. The van der Waals surface area contributed by atoms with Gasteiger partial charge in [-0.15, -0.1) is 0 Å². The summed E-state index contributed by atoms with van der Waals surface area (Å²) in [6.45, 7) is 3.46. The number of para-hydroxylation sites is 1. The summed E-state index contributed by atoms with van der Waals surface area (Å²) in [5, 5.41) is 5.03. The second kappa shape index (κ2) is 10.3. The molecular weight excluding hydrogens is 548 g/mol. The highest BCUT2D eigenvalue weighted by Gasteiger charge is 2.29. The van der Waals surface area contributed by atoms with Gasteiger partial charge in [0.25, 0.3) is 15.6 Å². The highest BCUT2D eigenvalue weighted by molar-refractivity contribution is 7.92. The van der Waals surface area contributed by atoms with Crippen LogP contribution in [-0.4, -0.2) is 51.2 Å². The van der Waals surface area contributed by atoms with Gasteiger partial charge in [-0.25, -0.2) is 22.8 Å². The van der Waals surface area contributed by atoms with E-state index in [9.17, 15) is 13.2 Å². The first kappa shape index (κ1) is 25.9. The zero-order chi connectivity index (χ0) is 27.9. The Balaban J connectivity index is 1.62. The first-order valence-electron chi connectivity index (χ1n) is 12.8. The SMILES string of the molecule is Cc1nn(-c2ccccc2)c(N2CCCCC2)c1-c1nc(NS(=O)(=O)c2ccccc2)nc2[nH]c(=S)[nH]c(=O)c12. The van der Waals surface area contributed by atoms with Gasteiger partial charge in [0, 0.05) is 13.1 Å². The standard InChI is InChI=1S/C27H26N8O3S2/c1-17-20(25(34-15-9-4-10-16-34)35(32-17)18-11-5-2-6-12-18)22-21-23(30-27(39)31-24(21)36)29-26(28-22)33-40(37,38)19-13-7-3-8-14-19/h2-3,5-8,11-14H,4,9-10,15-16H2,1H3,(H3,28,29,30,31,33,36,39). The van der Waals surface area contributed by atoms with Crippen molar-refractivity contribution in [2.45, 2.75) is 31.1 Å². The highest BCUT2D eigenvalue weighted by Crippen LogP contribution is 2.38. The fourth-order valence-electron chi connectivity index (χ4n) is 5.02. The van der Waals surface area contributed by atoms with Crippen LogP contribution in [0.25, 0.3) is 28.0 Å². The van der Waals surface area contributed by atoms with E-state index in [1.165, 1.54) is 12.1 Å². The van der Waals surface area contributed by atoms with Gasteiger partial charge >= 0.3 is 0 Å². The van der Waals surface area contributed by atoms with Crippen molar-refractivity contribution < 1.29 is 8.42 Å². The summed E-state index contributed by atoms with van der Waals surface area (Å²) < 4.78 is 30.7. The molecule has 11 nitrogen and oxygen atoms in total. The van der Waals surface area contributed by atoms with Crippen molar-refractivity contribution in [3.63, 3.8) is 0 Å². The summed E-state index contributed by atoms with van der Waals surface area (Å²) in [4.78, 5) is 30.1. The predicted octanol–water partition coefficient (Wildman–Crippen LogP) is 4.33. The number of fused-ring (bicyclic) bond motifs is 1. The third-order valence-electron chi connectivity index (χ3n) is 6.80. The number of rotatable bonds is 6. The largest absolute Gasteiger partial charge is 0.356 e. The number of sulfonamides is 1. The first-order chi connectivity index (χ1) is 19.3. The molecular formula is C27H26N8O3S2. The van der Waals surface area contributed by atoms with E-state index in [0.717, 1.165) is 43.9 Å². The van der Waals surface area contributed by atoms with Crippen molar-refractivity contribution >= 4 is 45.0 Å². The number of anilines is 2. The van der Waals surface area contributed by atoms with E-state index in [-0.39, 0.29) is 32.3 Å². The molecule has 0 atom stereocenters. The molecule has 13 heteroatoms. The quantitative estimate of drug-likeness (QED) is 0.255. The number of piperidine rings is 1. The molecule has 40 heavy (non-hydrogen) atoms. The van der Waals surface area contributed by atoms with Crippen LogP contribution >= 0.6 is 12.2 Å². The van der Waals surface area contributed by atoms with Crippen molar-refractivity contribution in [3.8, 4) is 16.9 Å². The zero-order valence-corrected chi connectivity index (χ0v) is 23.2.